The van der Waals surface area contributed by atoms with E-state index in [9.17, 15) is 9.59 Å². The largest absolute Gasteiger partial charge is 0.447 e. The number of thiophene rings is 1. The third kappa shape index (κ3) is 3.82. The van der Waals surface area contributed by atoms with Gasteiger partial charge in [0.05, 0.1) is 15.1 Å². The molecule has 0 aromatic carbocycles. The zero-order valence-corrected chi connectivity index (χ0v) is 16.7. The van der Waals surface area contributed by atoms with Crippen LogP contribution in [0.15, 0.2) is 16.3 Å². The van der Waals surface area contributed by atoms with Crippen LogP contribution in [0.1, 0.15) is 42.8 Å². The molecule has 7 heteroatoms. The molecule has 0 aliphatic carbocycles. The van der Waals surface area contributed by atoms with Crippen molar-refractivity contribution in [3.05, 3.63) is 17.0 Å². The molecule has 2 amide bonds. The summed E-state index contributed by atoms with van der Waals surface area (Å²) in [4.78, 5) is 29.5. The molecule has 2 atom stereocenters. The van der Waals surface area contributed by atoms with Crippen LogP contribution in [0.25, 0.3) is 0 Å². The summed E-state index contributed by atoms with van der Waals surface area (Å²) in [7, 11) is 0. The molecule has 0 spiro atoms. The highest BCUT2D eigenvalue weighted by Gasteiger charge is 2.41. The molecular weight excluding hydrogens is 356 g/mol. The SMILES string of the molecule is CC[C@H](C)[C@@H]1COC(=O)N1C1CCN(C(=O)c2ccc(SC)s2)CC1. The van der Waals surface area contributed by atoms with Crippen molar-refractivity contribution in [3.63, 3.8) is 0 Å². The number of hydrogen-bond donors (Lipinski definition) is 0. The van der Waals surface area contributed by atoms with Gasteiger partial charge in [0.1, 0.15) is 6.61 Å². The number of thioether (sulfide) groups is 1. The van der Waals surface area contributed by atoms with Gasteiger partial charge in [-0.1, -0.05) is 20.3 Å². The third-order valence-corrected chi connectivity index (χ3v) is 7.54. The molecule has 2 saturated heterocycles. The Labute approximate surface area is 157 Å². The highest BCUT2D eigenvalue weighted by atomic mass is 32.2. The van der Waals surface area contributed by atoms with E-state index in [-0.39, 0.29) is 24.1 Å². The number of amides is 2. The Bertz CT molecular complexity index is 626. The minimum absolute atomic E-state index is 0.117. The molecule has 5 nitrogen and oxygen atoms in total. The van der Waals surface area contributed by atoms with E-state index in [0.717, 1.165) is 28.3 Å². The fourth-order valence-electron chi connectivity index (χ4n) is 3.63. The Morgan fingerprint density at radius 3 is 2.72 bits per heavy atom. The van der Waals surface area contributed by atoms with Crippen LogP contribution in [0.4, 0.5) is 4.79 Å². The summed E-state index contributed by atoms with van der Waals surface area (Å²) in [6, 6.07) is 4.28. The molecule has 2 aliphatic heterocycles. The number of ether oxygens (including phenoxy) is 1. The summed E-state index contributed by atoms with van der Waals surface area (Å²) in [5.41, 5.74) is 0. The van der Waals surface area contributed by atoms with E-state index in [1.807, 2.05) is 28.2 Å². The number of piperidine rings is 1. The van der Waals surface area contributed by atoms with Crippen molar-refractivity contribution in [2.45, 2.75) is 49.4 Å². The van der Waals surface area contributed by atoms with Crippen molar-refractivity contribution in [1.29, 1.82) is 0 Å². The Hall–Kier alpha value is -1.21. The zero-order chi connectivity index (χ0) is 18.0. The molecule has 1 aromatic heterocycles. The first-order valence-corrected chi connectivity index (χ1v) is 11.0. The summed E-state index contributed by atoms with van der Waals surface area (Å²) in [5, 5.41) is 0. The second-order valence-corrected chi connectivity index (χ2v) is 8.97. The van der Waals surface area contributed by atoms with E-state index < -0.39 is 0 Å². The van der Waals surface area contributed by atoms with Gasteiger partial charge in [0, 0.05) is 19.1 Å². The van der Waals surface area contributed by atoms with Gasteiger partial charge in [0.25, 0.3) is 5.91 Å². The molecule has 0 N–H and O–H groups in total. The number of cyclic esters (lactones) is 1. The van der Waals surface area contributed by atoms with Crippen LogP contribution >= 0.6 is 23.1 Å². The first kappa shape index (κ1) is 18.6. The Balaban J connectivity index is 1.61. The van der Waals surface area contributed by atoms with Crippen molar-refractivity contribution >= 4 is 35.1 Å². The van der Waals surface area contributed by atoms with E-state index in [0.29, 0.717) is 25.6 Å². The number of rotatable bonds is 5. The smallest absolute Gasteiger partial charge is 0.410 e. The summed E-state index contributed by atoms with van der Waals surface area (Å²) in [6.45, 7) is 6.23. The molecule has 0 bridgehead atoms. The Morgan fingerprint density at radius 2 is 2.12 bits per heavy atom. The van der Waals surface area contributed by atoms with Gasteiger partial charge in [-0.05, 0) is 37.1 Å². The van der Waals surface area contributed by atoms with Gasteiger partial charge in [-0.3, -0.25) is 9.69 Å². The molecule has 2 aliphatic rings. The lowest BCUT2D eigenvalue weighted by atomic mass is 9.95. The monoisotopic (exact) mass is 382 g/mol. The fourth-order valence-corrected chi connectivity index (χ4v) is 5.14. The van der Waals surface area contributed by atoms with Gasteiger partial charge < -0.3 is 9.64 Å². The molecule has 1 aromatic rings. The normalized spacial score (nSPS) is 23.0. The molecule has 0 radical (unpaired) electrons. The topological polar surface area (TPSA) is 49.9 Å². The third-order valence-electron chi connectivity index (χ3n) is 5.38. The van der Waals surface area contributed by atoms with Gasteiger partial charge in [-0.25, -0.2) is 4.79 Å². The maximum Gasteiger partial charge on any atom is 0.410 e. The minimum atomic E-state index is -0.182. The van der Waals surface area contributed by atoms with Gasteiger partial charge in [0.15, 0.2) is 0 Å². The standard InChI is InChI=1S/C18H26N2O3S2/c1-4-12(2)14-11-23-18(22)20(14)13-7-9-19(10-8-13)17(21)15-5-6-16(24-3)25-15/h5-6,12-14H,4,7-11H2,1-3H3/t12-,14-/m0/s1. The van der Waals surface area contributed by atoms with Gasteiger partial charge in [-0.2, -0.15) is 0 Å². The van der Waals surface area contributed by atoms with Crippen LogP contribution in [0.5, 0.6) is 0 Å². The lowest BCUT2D eigenvalue weighted by Gasteiger charge is -2.39. The van der Waals surface area contributed by atoms with Crippen LogP contribution in [0.3, 0.4) is 0 Å². The van der Waals surface area contributed by atoms with Crippen LogP contribution in [-0.4, -0.2) is 59.8 Å². The second kappa shape index (κ2) is 7.99. The van der Waals surface area contributed by atoms with Crippen molar-refractivity contribution in [2.75, 3.05) is 26.0 Å². The van der Waals surface area contributed by atoms with Gasteiger partial charge in [0.2, 0.25) is 0 Å². The Morgan fingerprint density at radius 1 is 1.40 bits per heavy atom. The van der Waals surface area contributed by atoms with Crippen LogP contribution in [0.2, 0.25) is 0 Å². The van der Waals surface area contributed by atoms with Crippen LogP contribution in [0, 0.1) is 5.92 Å². The molecule has 3 rings (SSSR count). The number of carbonyl (C=O) groups is 2. The lowest BCUT2D eigenvalue weighted by Crippen LogP contribution is -2.51. The molecule has 0 unspecified atom stereocenters. The molecule has 3 heterocycles. The summed E-state index contributed by atoms with van der Waals surface area (Å²) in [6.07, 6.45) is 4.53. The maximum atomic E-state index is 12.7. The van der Waals surface area contributed by atoms with E-state index in [1.54, 1.807) is 23.1 Å². The quantitative estimate of drug-likeness (QED) is 0.724. The number of likely N-dealkylation sites (tertiary alicyclic amines) is 1. The summed E-state index contributed by atoms with van der Waals surface area (Å²) in [5.74, 6) is 0.549. The van der Waals surface area contributed by atoms with E-state index in [2.05, 4.69) is 13.8 Å². The van der Waals surface area contributed by atoms with Gasteiger partial charge >= 0.3 is 6.09 Å². The number of nitrogens with zero attached hydrogens (tertiary/aromatic N) is 2. The average molecular weight is 383 g/mol. The van der Waals surface area contributed by atoms with Crippen molar-refractivity contribution < 1.29 is 14.3 Å². The van der Waals surface area contributed by atoms with E-state index >= 15 is 0 Å². The number of carbonyl (C=O) groups excluding carboxylic acids is 2. The highest BCUT2D eigenvalue weighted by Crippen LogP contribution is 2.30. The maximum absolute atomic E-state index is 12.7. The van der Waals surface area contributed by atoms with Crippen molar-refractivity contribution in [2.24, 2.45) is 5.92 Å². The number of hydrogen-bond acceptors (Lipinski definition) is 5. The predicted molar refractivity (Wildman–Crippen MR) is 101 cm³/mol. The van der Waals surface area contributed by atoms with Crippen LogP contribution < -0.4 is 0 Å². The first-order valence-electron chi connectivity index (χ1n) is 8.93. The van der Waals surface area contributed by atoms with Crippen molar-refractivity contribution in [1.82, 2.24) is 9.80 Å². The predicted octanol–water partition coefficient (Wildman–Crippen LogP) is 3.94. The fraction of sp³-hybridized carbons (Fsp3) is 0.667. The molecule has 138 valence electrons. The van der Waals surface area contributed by atoms with Gasteiger partial charge in [-0.15, -0.1) is 23.1 Å². The Kier molecular flexibility index (Phi) is 5.94. The van der Waals surface area contributed by atoms with Crippen molar-refractivity contribution in [3.8, 4) is 0 Å². The molecule has 25 heavy (non-hydrogen) atoms. The first-order chi connectivity index (χ1) is 12.0. The molecule has 0 saturated carbocycles. The average Bonchev–Trinajstić information content (AvgIpc) is 3.27. The highest BCUT2D eigenvalue weighted by molar-refractivity contribution is 8.00. The van der Waals surface area contributed by atoms with Crippen LogP contribution in [-0.2, 0) is 4.74 Å². The zero-order valence-electron chi connectivity index (χ0n) is 15.1. The molecular formula is C18H26N2O3S2. The summed E-state index contributed by atoms with van der Waals surface area (Å²) >= 11 is 3.22. The minimum Gasteiger partial charge on any atom is -0.447 e. The van der Waals surface area contributed by atoms with E-state index in [4.69, 9.17) is 4.74 Å². The lowest BCUT2D eigenvalue weighted by molar-refractivity contribution is 0.0619. The molecule has 2 fully saturated rings. The second-order valence-electron chi connectivity index (χ2n) is 6.78. The van der Waals surface area contributed by atoms with E-state index in [1.165, 1.54) is 0 Å². The summed E-state index contributed by atoms with van der Waals surface area (Å²) < 4.78 is 6.48.